The summed E-state index contributed by atoms with van der Waals surface area (Å²) in [4.78, 5) is 0. The molecule has 1 nitrogen and oxygen atoms in total. The van der Waals surface area contributed by atoms with Gasteiger partial charge in [0.2, 0.25) is 0 Å². The van der Waals surface area contributed by atoms with Crippen LogP contribution in [0, 0.1) is 11.8 Å². The fourth-order valence-electron chi connectivity index (χ4n) is 4.27. The molecule has 2 fully saturated rings. The van der Waals surface area contributed by atoms with E-state index in [1.54, 1.807) is 25.7 Å². The molecule has 0 aromatic heterocycles. The Morgan fingerprint density at radius 1 is 0.591 bits per heavy atom. The molecule has 2 saturated carbocycles. The van der Waals surface area contributed by atoms with E-state index in [-0.39, 0.29) is 6.61 Å². The zero-order valence-corrected chi connectivity index (χ0v) is 14.9. The molecule has 0 atom stereocenters. The van der Waals surface area contributed by atoms with Crippen LogP contribution in [0.4, 0.5) is 0 Å². The van der Waals surface area contributed by atoms with E-state index in [0.717, 1.165) is 11.8 Å². The number of hydrogen-bond acceptors (Lipinski definition) is 1. The van der Waals surface area contributed by atoms with E-state index in [0.29, 0.717) is 0 Å². The Morgan fingerprint density at radius 3 is 1.05 bits per heavy atom. The van der Waals surface area contributed by atoms with Crippen molar-refractivity contribution in [2.45, 2.75) is 103 Å². The molecule has 2 rings (SSSR count). The Bertz CT molecular complexity index is 206. The van der Waals surface area contributed by atoms with Gasteiger partial charge in [0.05, 0.1) is 6.61 Å². The van der Waals surface area contributed by atoms with Gasteiger partial charge in [-0.05, 0) is 11.8 Å². The van der Waals surface area contributed by atoms with Crippen molar-refractivity contribution in [2.24, 2.45) is 11.8 Å². The summed E-state index contributed by atoms with van der Waals surface area (Å²) in [7, 11) is 0. The Hall–Kier alpha value is -0.300. The summed E-state index contributed by atoms with van der Waals surface area (Å²) < 4.78 is 0. The molecule has 0 aromatic rings. The lowest BCUT2D eigenvalue weighted by atomic mass is 9.79. The van der Waals surface area contributed by atoms with Gasteiger partial charge in [-0.1, -0.05) is 109 Å². The van der Waals surface area contributed by atoms with Crippen LogP contribution in [0.1, 0.15) is 103 Å². The molecule has 0 radical (unpaired) electrons. The van der Waals surface area contributed by atoms with Crippen LogP contribution in [0.25, 0.3) is 0 Å². The van der Waals surface area contributed by atoms with Crippen molar-refractivity contribution in [3.8, 4) is 0 Å². The van der Waals surface area contributed by atoms with Gasteiger partial charge in [0, 0.05) is 0 Å². The Balaban J connectivity index is 0.000000541. The summed E-state index contributed by atoms with van der Waals surface area (Å²) in [6.07, 6.45) is 25.9. The maximum Gasteiger partial charge on any atom is 0.0609 e. The molecule has 2 aliphatic rings. The molecule has 0 saturated heterocycles. The summed E-state index contributed by atoms with van der Waals surface area (Å²) in [5.41, 5.74) is 0. The Kier molecular flexibility index (Phi) is 12.8. The summed E-state index contributed by atoms with van der Waals surface area (Å²) in [6, 6.07) is 0. The Labute approximate surface area is 139 Å². The number of aliphatic hydroxyl groups excluding tert-OH is 1. The lowest BCUT2D eigenvalue weighted by Crippen LogP contribution is -2.15. The fourth-order valence-corrected chi connectivity index (χ4v) is 4.27. The first-order chi connectivity index (χ1) is 10.9. The molecular formula is C21H40O. The molecule has 0 aliphatic heterocycles. The third kappa shape index (κ3) is 9.66. The topological polar surface area (TPSA) is 20.2 Å². The van der Waals surface area contributed by atoms with Crippen molar-refractivity contribution >= 4 is 0 Å². The monoisotopic (exact) mass is 308 g/mol. The van der Waals surface area contributed by atoms with Crippen LogP contribution >= 0.6 is 0 Å². The average molecular weight is 309 g/mol. The first-order valence-corrected chi connectivity index (χ1v) is 10.1. The van der Waals surface area contributed by atoms with Gasteiger partial charge in [-0.15, -0.1) is 6.58 Å². The van der Waals surface area contributed by atoms with Gasteiger partial charge in [0.15, 0.2) is 0 Å². The van der Waals surface area contributed by atoms with Crippen molar-refractivity contribution in [2.75, 3.05) is 6.61 Å². The third-order valence-electron chi connectivity index (χ3n) is 5.60. The van der Waals surface area contributed by atoms with Gasteiger partial charge in [-0.25, -0.2) is 0 Å². The number of aliphatic hydroxyl groups is 1. The SMILES string of the molecule is C1CCCCC(C2CCCCCCCC2)CCC1.C=CCO. The summed E-state index contributed by atoms with van der Waals surface area (Å²) in [5.74, 6) is 2.20. The molecule has 0 unspecified atom stereocenters. The minimum absolute atomic E-state index is 0.0833. The summed E-state index contributed by atoms with van der Waals surface area (Å²) in [5, 5.41) is 7.76. The highest BCUT2D eigenvalue weighted by molar-refractivity contribution is 4.73. The first kappa shape index (κ1) is 19.7. The van der Waals surface area contributed by atoms with Gasteiger partial charge in [0.25, 0.3) is 0 Å². The molecule has 1 N–H and O–H groups in total. The molecule has 130 valence electrons. The molecule has 0 spiro atoms. The second kappa shape index (κ2) is 14.3. The minimum atomic E-state index is 0.0833. The highest BCUT2D eigenvalue weighted by Gasteiger charge is 2.21. The molecule has 2 aliphatic carbocycles. The van der Waals surface area contributed by atoms with Gasteiger partial charge >= 0.3 is 0 Å². The molecular weight excluding hydrogens is 268 g/mol. The smallest absolute Gasteiger partial charge is 0.0609 e. The van der Waals surface area contributed by atoms with Crippen LogP contribution in [-0.4, -0.2) is 11.7 Å². The van der Waals surface area contributed by atoms with E-state index in [2.05, 4.69) is 6.58 Å². The lowest BCUT2D eigenvalue weighted by Gasteiger charge is -2.27. The fraction of sp³-hybridized carbons (Fsp3) is 0.905. The van der Waals surface area contributed by atoms with E-state index < -0.39 is 0 Å². The first-order valence-electron chi connectivity index (χ1n) is 10.1. The van der Waals surface area contributed by atoms with Gasteiger partial charge in [-0.3, -0.25) is 0 Å². The largest absolute Gasteiger partial charge is 0.392 e. The highest BCUT2D eigenvalue weighted by atomic mass is 16.2. The quantitative estimate of drug-likeness (QED) is 0.566. The second-order valence-electron chi connectivity index (χ2n) is 7.39. The van der Waals surface area contributed by atoms with Crippen molar-refractivity contribution in [1.82, 2.24) is 0 Å². The van der Waals surface area contributed by atoms with Crippen LogP contribution in [0.3, 0.4) is 0 Å². The number of rotatable bonds is 2. The normalized spacial score (nSPS) is 23.5. The van der Waals surface area contributed by atoms with Gasteiger partial charge in [0.1, 0.15) is 0 Å². The maximum atomic E-state index is 7.76. The van der Waals surface area contributed by atoms with E-state index in [1.807, 2.05) is 0 Å². The third-order valence-corrected chi connectivity index (χ3v) is 5.60. The standard InChI is InChI=1S/C18H34.C3H6O/c1-2-6-10-14-17(13-9-5-1)18-15-11-7-3-4-8-12-16-18;1-2-3-4/h17-18H,1-16H2;2,4H,1,3H2. The molecule has 0 amide bonds. The van der Waals surface area contributed by atoms with E-state index in [9.17, 15) is 0 Å². The molecule has 0 aromatic carbocycles. The highest BCUT2D eigenvalue weighted by Crippen LogP contribution is 2.35. The van der Waals surface area contributed by atoms with Crippen LogP contribution < -0.4 is 0 Å². The summed E-state index contributed by atoms with van der Waals surface area (Å²) in [6.45, 7) is 3.31. The van der Waals surface area contributed by atoms with E-state index in [1.165, 1.54) is 83.1 Å². The zero-order valence-electron chi connectivity index (χ0n) is 14.9. The van der Waals surface area contributed by atoms with Gasteiger partial charge < -0.3 is 5.11 Å². The van der Waals surface area contributed by atoms with E-state index >= 15 is 0 Å². The van der Waals surface area contributed by atoms with Crippen molar-refractivity contribution in [1.29, 1.82) is 0 Å². The predicted octanol–water partition coefficient (Wildman–Crippen LogP) is 6.65. The predicted molar refractivity (Wildman–Crippen MR) is 98.1 cm³/mol. The van der Waals surface area contributed by atoms with Crippen molar-refractivity contribution in [3.05, 3.63) is 12.7 Å². The Morgan fingerprint density at radius 2 is 0.818 bits per heavy atom. The summed E-state index contributed by atoms with van der Waals surface area (Å²) >= 11 is 0. The number of hydrogen-bond donors (Lipinski definition) is 1. The lowest BCUT2D eigenvalue weighted by molar-refractivity contribution is 0.247. The molecule has 22 heavy (non-hydrogen) atoms. The molecule has 0 heterocycles. The zero-order chi connectivity index (χ0) is 15.9. The van der Waals surface area contributed by atoms with E-state index in [4.69, 9.17) is 5.11 Å². The van der Waals surface area contributed by atoms with Crippen LogP contribution in [0.2, 0.25) is 0 Å². The molecule has 0 bridgehead atoms. The van der Waals surface area contributed by atoms with Crippen molar-refractivity contribution < 1.29 is 5.11 Å². The van der Waals surface area contributed by atoms with Crippen LogP contribution in [-0.2, 0) is 0 Å². The maximum absolute atomic E-state index is 7.76. The minimum Gasteiger partial charge on any atom is -0.392 e. The van der Waals surface area contributed by atoms with Crippen LogP contribution in [0.15, 0.2) is 12.7 Å². The molecule has 1 heteroatoms. The average Bonchev–Trinajstić information content (AvgIpc) is 2.77. The van der Waals surface area contributed by atoms with Crippen LogP contribution in [0.5, 0.6) is 0 Å². The second-order valence-corrected chi connectivity index (χ2v) is 7.39. The van der Waals surface area contributed by atoms with Crippen molar-refractivity contribution in [3.63, 3.8) is 0 Å². The van der Waals surface area contributed by atoms with Gasteiger partial charge in [-0.2, -0.15) is 0 Å².